The summed E-state index contributed by atoms with van der Waals surface area (Å²) < 4.78 is 46.6. The monoisotopic (exact) mass is 394 g/mol. The number of carbonyl (C=O) groups is 1. The number of aryl methyl sites for hydroxylation is 1. The molecule has 3 aromatic rings. The molecule has 0 spiro atoms. The average Bonchev–Trinajstić information content (AvgIpc) is 2.97. The van der Waals surface area contributed by atoms with Crippen molar-refractivity contribution in [2.24, 2.45) is 4.99 Å². The molecular formula is C19H17F3N2O2S. The number of carbonyl (C=O) groups excluding carboxylic acids is 1. The SMILES string of the molecule is CCCn1c(=NC(=O)c2cccc(C(F)(F)F)c2)sc2cc(OC)ccc21. The smallest absolute Gasteiger partial charge is 0.416 e. The Balaban J connectivity index is 2.09. The summed E-state index contributed by atoms with van der Waals surface area (Å²) >= 11 is 1.30. The van der Waals surface area contributed by atoms with E-state index < -0.39 is 17.6 Å². The molecule has 1 aromatic heterocycles. The van der Waals surface area contributed by atoms with Crippen LogP contribution in [0, 0.1) is 0 Å². The number of ether oxygens (including phenoxy) is 1. The van der Waals surface area contributed by atoms with Crippen molar-refractivity contribution in [3.05, 3.63) is 58.4 Å². The van der Waals surface area contributed by atoms with E-state index in [0.29, 0.717) is 17.1 Å². The first-order valence-corrected chi connectivity index (χ1v) is 9.09. The highest BCUT2D eigenvalue weighted by atomic mass is 32.1. The molecule has 1 amide bonds. The highest BCUT2D eigenvalue weighted by Gasteiger charge is 2.30. The van der Waals surface area contributed by atoms with Crippen LogP contribution < -0.4 is 9.54 Å². The van der Waals surface area contributed by atoms with Crippen LogP contribution >= 0.6 is 11.3 Å². The van der Waals surface area contributed by atoms with E-state index in [1.54, 1.807) is 7.11 Å². The highest BCUT2D eigenvalue weighted by Crippen LogP contribution is 2.29. The molecule has 0 N–H and O–H groups in total. The number of hydrogen-bond acceptors (Lipinski definition) is 3. The maximum atomic E-state index is 12.9. The van der Waals surface area contributed by atoms with Gasteiger partial charge in [-0.05, 0) is 42.8 Å². The van der Waals surface area contributed by atoms with Gasteiger partial charge in [-0.3, -0.25) is 4.79 Å². The Morgan fingerprint density at radius 3 is 2.67 bits per heavy atom. The molecule has 0 radical (unpaired) electrons. The molecule has 0 aliphatic rings. The van der Waals surface area contributed by atoms with Gasteiger partial charge in [-0.2, -0.15) is 18.2 Å². The lowest BCUT2D eigenvalue weighted by Crippen LogP contribution is -2.17. The molecule has 2 aromatic carbocycles. The Morgan fingerprint density at radius 1 is 1.22 bits per heavy atom. The number of methoxy groups -OCH3 is 1. The number of nitrogens with zero attached hydrogens (tertiary/aromatic N) is 2. The van der Waals surface area contributed by atoms with Crippen LogP contribution in [0.25, 0.3) is 10.2 Å². The van der Waals surface area contributed by atoms with E-state index in [1.807, 2.05) is 29.7 Å². The lowest BCUT2D eigenvalue weighted by atomic mass is 10.1. The summed E-state index contributed by atoms with van der Waals surface area (Å²) in [4.78, 5) is 17.0. The van der Waals surface area contributed by atoms with Gasteiger partial charge in [0.1, 0.15) is 5.75 Å². The normalized spacial score (nSPS) is 12.6. The zero-order chi connectivity index (χ0) is 19.6. The van der Waals surface area contributed by atoms with Gasteiger partial charge in [0.15, 0.2) is 4.80 Å². The van der Waals surface area contributed by atoms with Gasteiger partial charge in [-0.15, -0.1) is 0 Å². The van der Waals surface area contributed by atoms with Crippen molar-refractivity contribution < 1.29 is 22.7 Å². The highest BCUT2D eigenvalue weighted by molar-refractivity contribution is 7.16. The molecule has 3 rings (SSSR count). The standard InChI is InChI=1S/C19H17F3N2O2S/c1-3-9-24-15-8-7-14(26-2)11-16(15)27-18(24)23-17(25)12-5-4-6-13(10-12)19(20,21)22/h4-8,10-11H,3,9H2,1-2H3. The van der Waals surface area contributed by atoms with Crippen LogP contribution in [0.3, 0.4) is 0 Å². The number of amides is 1. The van der Waals surface area contributed by atoms with Crippen molar-refractivity contribution in [2.75, 3.05) is 7.11 Å². The number of thiazole rings is 1. The molecule has 0 bridgehead atoms. The second-order valence-electron chi connectivity index (χ2n) is 5.87. The first kappa shape index (κ1) is 19.2. The van der Waals surface area contributed by atoms with E-state index in [-0.39, 0.29) is 5.56 Å². The zero-order valence-electron chi connectivity index (χ0n) is 14.7. The van der Waals surface area contributed by atoms with E-state index in [1.165, 1.54) is 23.5 Å². The molecule has 4 nitrogen and oxygen atoms in total. The first-order chi connectivity index (χ1) is 12.8. The average molecular weight is 394 g/mol. The maximum Gasteiger partial charge on any atom is 0.416 e. The lowest BCUT2D eigenvalue weighted by molar-refractivity contribution is -0.137. The summed E-state index contributed by atoms with van der Waals surface area (Å²) in [5.74, 6) is -0.0207. The summed E-state index contributed by atoms with van der Waals surface area (Å²) in [6.07, 6.45) is -3.69. The van der Waals surface area contributed by atoms with Crippen LogP contribution in [0.4, 0.5) is 13.2 Å². The molecular weight excluding hydrogens is 377 g/mol. The van der Waals surface area contributed by atoms with Gasteiger partial charge in [0.25, 0.3) is 5.91 Å². The quantitative estimate of drug-likeness (QED) is 0.633. The molecule has 1 heterocycles. The van der Waals surface area contributed by atoms with Gasteiger partial charge < -0.3 is 9.30 Å². The largest absolute Gasteiger partial charge is 0.497 e. The van der Waals surface area contributed by atoms with E-state index in [4.69, 9.17) is 4.74 Å². The first-order valence-electron chi connectivity index (χ1n) is 8.27. The van der Waals surface area contributed by atoms with Crippen LogP contribution in [0.5, 0.6) is 5.75 Å². The van der Waals surface area contributed by atoms with Crippen molar-refractivity contribution in [3.8, 4) is 5.75 Å². The van der Waals surface area contributed by atoms with Crippen molar-refractivity contribution in [1.29, 1.82) is 0 Å². The third-order valence-corrected chi connectivity index (χ3v) is 5.01. The molecule has 0 aliphatic carbocycles. The van der Waals surface area contributed by atoms with Gasteiger partial charge in [-0.25, -0.2) is 0 Å². The molecule has 142 valence electrons. The zero-order valence-corrected chi connectivity index (χ0v) is 15.5. The molecule has 0 unspecified atom stereocenters. The number of hydrogen-bond donors (Lipinski definition) is 0. The summed E-state index contributed by atoms with van der Waals surface area (Å²) in [5.41, 5.74) is -0.0628. The van der Waals surface area contributed by atoms with E-state index in [9.17, 15) is 18.0 Å². The fourth-order valence-electron chi connectivity index (χ4n) is 2.69. The predicted octanol–water partition coefficient (Wildman–Crippen LogP) is 4.88. The van der Waals surface area contributed by atoms with E-state index in [2.05, 4.69) is 4.99 Å². The fraction of sp³-hybridized carbons (Fsp3) is 0.263. The molecule has 0 aliphatic heterocycles. The van der Waals surface area contributed by atoms with Gasteiger partial charge in [0.05, 0.1) is 22.9 Å². The molecule has 8 heteroatoms. The van der Waals surface area contributed by atoms with Crippen molar-refractivity contribution in [3.63, 3.8) is 0 Å². The number of alkyl halides is 3. The second kappa shape index (κ2) is 7.56. The van der Waals surface area contributed by atoms with Crippen LogP contribution in [0.15, 0.2) is 47.5 Å². The second-order valence-corrected chi connectivity index (χ2v) is 6.87. The number of aromatic nitrogens is 1. The summed E-state index contributed by atoms with van der Waals surface area (Å²) in [6, 6.07) is 9.85. The van der Waals surface area contributed by atoms with Crippen LogP contribution in [0.1, 0.15) is 29.3 Å². The molecule has 0 atom stereocenters. The van der Waals surface area contributed by atoms with Crippen molar-refractivity contribution >= 4 is 27.5 Å². The minimum absolute atomic E-state index is 0.0945. The topological polar surface area (TPSA) is 43.6 Å². The summed E-state index contributed by atoms with van der Waals surface area (Å²) in [7, 11) is 1.57. The number of benzene rings is 2. The van der Waals surface area contributed by atoms with Gasteiger partial charge in [0, 0.05) is 12.1 Å². The Kier molecular flexibility index (Phi) is 5.36. The van der Waals surface area contributed by atoms with E-state index >= 15 is 0 Å². The Morgan fingerprint density at radius 2 is 2.00 bits per heavy atom. The number of rotatable bonds is 4. The van der Waals surface area contributed by atoms with Crippen LogP contribution in [-0.2, 0) is 12.7 Å². The maximum absolute atomic E-state index is 12.9. The molecule has 0 saturated heterocycles. The Hall–Kier alpha value is -2.61. The minimum atomic E-state index is -4.51. The molecule has 0 fully saturated rings. The fourth-order valence-corrected chi connectivity index (χ4v) is 3.77. The van der Waals surface area contributed by atoms with Gasteiger partial charge in [0.2, 0.25) is 0 Å². The molecule has 27 heavy (non-hydrogen) atoms. The van der Waals surface area contributed by atoms with Crippen molar-refractivity contribution in [1.82, 2.24) is 4.57 Å². The van der Waals surface area contributed by atoms with Gasteiger partial charge in [-0.1, -0.05) is 24.3 Å². The van der Waals surface area contributed by atoms with Crippen LogP contribution in [-0.4, -0.2) is 17.6 Å². The van der Waals surface area contributed by atoms with Gasteiger partial charge >= 0.3 is 6.18 Å². The third kappa shape index (κ3) is 4.05. The van der Waals surface area contributed by atoms with Crippen LogP contribution in [0.2, 0.25) is 0 Å². The lowest BCUT2D eigenvalue weighted by Gasteiger charge is -2.07. The number of halogens is 3. The Bertz CT molecular complexity index is 1050. The number of fused-ring (bicyclic) bond motifs is 1. The Labute approximate surface area is 157 Å². The minimum Gasteiger partial charge on any atom is -0.497 e. The van der Waals surface area contributed by atoms with Crippen molar-refractivity contribution in [2.45, 2.75) is 26.1 Å². The predicted molar refractivity (Wildman–Crippen MR) is 98.0 cm³/mol. The molecule has 0 saturated carbocycles. The summed E-state index contributed by atoms with van der Waals surface area (Å²) in [5, 5.41) is 0. The third-order valence-electron chi connectivity index (χ3n) is 3.97. The van der Waals surface area contributed by atoms with E-state index in [0.717, 1.165) is 28.8 Å². The summed E-state index contributed by atoms with van der Waals surface area (Å²) in [6.45, 7) is 2.64.